The van der Waals surface area contributed by atoms with Crippen LogP contribution in [0.15, 0.2) is 24.3 Å². The van der Waals surface area contributed by atoms with E-state index in [1.165, 1.54) is 23.1 Å². The van der Waals surface area contributed by atoms with Crippen molar-refractivity contribution in [2.75, 3.05) is 49.0 Å². The SMILES string of the molecule is [2H]C1([2H])CC[C@@]2(C([2H])([2H])Oc3nc4c(c(N5CC6CCC5CN6)n3)CCN(c3cc(O)cc5ccc(F)c(F)c35)C4)C[C@@H](F)CN12. The zero-order valence-corrected chi connectivity index (χ0v) is 23.0. The van der Waals surface area contributed by atoms with Crippen molar-refractivity contribution in [2.24, 2.45) is 0 Å². The topological polar surface area (TPSA) is 77.0 Å². The average molecular weight is 585 g/mol. The molecule has 8 nitrogen and oxygen atoms in total. The first-order valence-electron chi connectivity index (χ1n) is 16.7. The number of phenols is 1. The van der Waals surface area contributed by atoms with Crippen LogP contribution in [-0.4, -0.2) is 83.0 Å². The van der Waals surface area contributed by atoms with Gasteiger partial charge in [-0.25, -0.2) is 13.2 Å². The Morgan fingerprint density at radius 3 is 2.93 bits per heavy atom. The van der Waals surface area contributed by atoms with E-state index in [2.05, 4.69) is 15.2 Å². The molecule has 3 aromatic rings. The first kappa shape index (κ1) is 22.3. The van der Waals surface area contributed by atoms with Crippen molar-refractivity contribution >= 4 is 22.3 Å². The summed E-state index contributed by atoms with van der Waals surface area (Å²) in [5, 5.41) is 14.4. The van der Waals surface area contributed by atoms with Gasteiger partial charge in [-0.15, -0.1) is 0 Å². The summed E-state index contributed by atoms with van der Waals surface area (Å²) in [4.78, 5) is 14.8. The molecule has 4 atom stereocenters. The van der Waals surface area contributed by atoms with Crippen LogP contribution in [0.2, 0.25) is 0 Å². The molecule has 11 heteroatoms. The van der Waals surface area contributed by atoms with E-state index in [-0.39, 0.29) is 61.6 Å². The van der Waals surface area contributed by atoms with Crippen LogP contribution in [0.5, 0.6) is 11.8 Å². The molecule has 5 fully saturated rings. The van der Waals surface area contributed by atoms with Crippen molar-refractivity contribution in [1.82, 2.24) is 20.2 Å². The number of nitrogens with one attached hydrogen (secondary N) is 1. The summed E-state index contributed by atoms with van der Waals surface area (Å²) in [5.74, 6) is -1.48. The van der Waals surface area contributed by atoms with Crippen LogP contribution in [0, 0.1) is 11.6 Å². The molecule has 5 saturated heterocycles. The van der Waals surface area contributed by atoms with Crippen molar-refractivity contribution in [2.45, 2.75) is 68.9 Å². The average Bonchev–Trinajstić information content (AvgIpc) is 3.52. The van der Waals surface area contributed by atoms with E-state index in [0.29, 0.717) is 42.1 Å². The fraction of sp³-hybridized carbons (Fsp3) is 0.548. The van der Waals surface area contributed by atoms with Crippen molar-refractivity contribution in [3.63, 3.8) is 0 Å². The Kier molecular flexibility index (Phi) is 5.23. The van der Waals surface area contributed by atoms with Crippen LogP contribution in [0.25, 0.3) is 10.8 Å². The Labute approximate surface area is 248 Å². The number of hydrogen-bond donors (Lipinski definition) is 2. The third kappa shape index (κ3) is 4.26. The van der Waals surface area contributed by atoms with Gasteiger partial charge in [0.1, 0.15) is 24.3 Å². The first-order valence-corrected chi connectivity index (χ1v) is 14.7. The third-order valence-corrected chi connectivity index (χ3v) is 9.59. The smallest absolute Gasteiger partial charge is 0.318 e. The lowest BCUT2D eigenvalue weighted by Gasteiger charge is -2.47. The van der Waals surface area contributed by atoms with Gasteiger partial charge < -0.3 is 25.0 Å². The maximum absolute atomic E-state index is 15.2. The summed E-state index contributed by atoms with van der Waals surface area (Å²) in [6.07, 6.45) is 0.964. The fourth-order valence-electron chi connectivity index (χ4n) is 7.51. The number of aromatic hydroxyl groups is 1. The standard InChI is InChI=1S/C31H35F3N6O2/c32-19-12-31(7-1-8-39(31)14-19)17-42-30-36-25-16-38(26-11-22(41)10-18-2-5-24(33)28(34)27(18)26)9-6-23(25)29(37-30)40-15-20-3-4-21(40)13-35-20/h2,5,10-11,19-21,35,41H,1,3-4,6-9,12-17H2/t19-,20?,21?,31+/m1/s1/i8D2,17D2. The summed E-state index contributed by atoms with van der Waals surface area (Å²) >= 11 is 0. The number of piperidine rings is 2. The van der Waals surface area contributed by atoms with Crippen molar-refractivity contribution in [1.29, 1.82) is 0 Å². The van der Waals surface area contributed by atoms with Crippen molar-refractivity contribution in [3.05, 3.63) is 47.2 Å². The second-order valence-corrected chi connectivity index (χ2v) is 12.1. The lowest BCUT2D eigenvalue weighted by atomic mass is 9.92. The number of anilines is 2. The number of benzene rings is 2. The fourth-order valence-corrected chi connectivity index (χ4v) is 7.51. The van der Waals surface area contributed by atoms with Crippen LogP contribution >= 0.6 is 0 Å². The number of ether oxygens (including phenoxy) is 1. The van der Waals surface area contributed by atoms with Crippen LogP contribution < -0.4 is 19.9 Å². The summed E-state index contributed by atoms with van der Waals surface area (Å²) in [6.45, 7) is -2.61. The van der Waals surface area contributed by atoms with E-state index < -0.39 is 36.4 Å². The number of rotatable bonds is 5. The van der Waals surface area contributed by atoms with Gasteiger partial charge in [0.2, 0.25) is 0 Å². The van der Waals surface area contributed by atoms with Crippen LogP contribution in [0.4, 0.5) is 24.7 Å². The van der Waals surface area contributed by atoms with Crippen LogP contribution in [0.1, 0.15) is 48.8 Å². The molecular formula is C31H35F3N6O2. The minimum atomic E-state index is -2.53. The molecule has 2 unspecified atom stereocenters. The molecule has 42 heavy (non-hydrogen) atoms. The number of phenolic OH excluding ortho intramolecular Hbond substituents is 1. The zero-order chi connectivity index (χ0) is 32.2. The molecular weight excluding hydrogens is 545 g/mol. The van der Waals surface area contributed by atoms with Gasteiger partial charge in [0.15, 0.2) is 11.6 Å². The second kappa shape index (κ2) is 9.87. The number of halogens is 3. The molecule has 9 rings (SSSR count). The lowest BCUT2D eigenvalue weighted by molar-refractivity contribution is 0.107. The molecule has 0 aliphatic carbocycles. The van der Waals surface area contributed by atoms with E-state index in [1.54, 1.807) is 0 Å². The highest BCUT2D eigenvalue weighted by Gasteiger charge is 2.49. The number of hydrogen-bond acceptors (Lipinski definition) is 8. The van der Waals surface area contributed by atoms with Crippen molar-refractivity contribution < 1.29 is 28.5 Å². The number of aromatic nitrogens is 2. The minimum absolute atomic E-state index is 0.0412. The molecule has 2 aromatic carbocycles. The Balaban J connectivity index is 1.20. The summed E-state index contributed by atoms with van der Waals surface area (Å²) < 4.78 is 85.3. The summed E-state index contributed by atoms with van der Waals surface area (Å²) in [6, 6.07) is 5.42. The Morgan fingerprint density at radius 2 is 2.12 bits per heavy atom. The Hall–Kier alpha value is -3.31. The normalized spacial score (nSPS) is 31.8. The van der Waals surface area contributed by atoms with Gasteiger partial charge in [0.25, 0.3) is 0 Å². The predicted molar refractivity (Wildman–Crippen MR) is 153 cm³/mol. The van der Waals surface area contributed by atoms with E-state index in [9.17, 15) is 13.9 Å². The predicted octanol–water partition coefficient (Wildman–Crippen LogP) is 4.07. The van der Waals surface area contributed by atoms with Crippen LogP contribution in [0.3, 0.4) is 0 Å². The molecule has 0 saturated carbocycles. The molecule has 2 N–H and O–H groups in total. The first-order chi connectivity index (χ1) is 21.8. The number of alkyl halides is 1. The largest absolute Gasteiger partial charge is 0.508 e. The van der Waals surface area contributed by atoms with Crippen LogP contribution in [-0.2, 0) is 13.0 Å². The molecule has 6 aliphatic heterocycles. The molecule has 0 amide bonds. The minimum Gasteiger partial charge on any atom is -0.508 e. The van der Waals surface area contributed by atoms with Crippen molar-refractivity contribution in [3.8, 4) is 11.8 Å². The van der Waals surface area contributed by atoms with Gasteiger partial charge in [0.05, 0.1) is 26.2 Å². The zero-order valence-electron chi connectivity index (χ0n) is 27.0. The second-order valence-electron chi connectivity index (χ2n) is 12.1. The van der Waals surface area contributed by atoms with Gasteiger partial charge >= 0.3 is 6.01 Å². The molecule has 1 aromatic heterocycles. The van der Waals surface area contributed by atoms with Gasteiger partial charge in [-0.2, -0.15) is 9.97 Å². The quantitative estimate of drug-likeness (QED) is 0.465. The Bertz CT molecular complexity index is 1730. The molecule has 2 bridgehead atoms. The molecule has 7 heterocycles. The highest BCUT2D eigenvalue weighted by atomic mass is 19.2. The molecule has 0 spiro atoms. The van der Waals surface area contributed by atoms with Gasteiger partial charge in [-0.05, 0) is 56.1 Å². The molecule has 222 valence electrons. The molecule has 0 radical (unpaired) electrons. The number of fused-ring (bicyclic) bond motifs is 6. The van der Waals surface area contributed by atoms with E-state index in [4.69, 9.17) is 15.2 Å². The third-order valence-electron chi connectivity index (χ3n) is 9.59. The monoisotopic (exact) mass is 584 g/mol. The Morgan fingerprint density at radius 1 is 1.21 bits per heavy atom. The number of piperazine rings is 1. The summed E-state index contributed by atoms with van der Waals surface area (Å²) in [5.41, 5.74) is 0.155. The highest BCUT2D eigenvalue weighted by Crippen LogP contribution is 2.42. The summed E-state index contributed by atoms with van der Waals surface area (Å²) in [7, 11) is 0. The van der Waals surface area contributed by atoms with E-state index >= 15 is 4.39 Å². The maximum atomic E-state index is 15.2. The van der Waals surface area contributed by atoms with Gasteiger partial charge in [-0.1, -0.05) is 6.07 Å². The maximum Gasteiger partial charge on any atom is 0.318 e. The molecule has 6 aliphatic rings. The van der Waals surface area contributed by atoms with E-state index in [0.717, 1.165) is 31.0 Å². The van der Waals surface area contributed by atoms with Gasteiger partial charge in [0, 0.05) is 64.4 Å². The number of nitrogens with zero attached hydrogens (tertiary/aromatic N) is 5. The highest BCUT2D eigenvalue weighted by molar-refractivity contribution is 5.96. The lowest BCUT2D eigenvalue weighted by Crippen LogP contribution is -2.61. The van der Waals surface area contributed by atoms with E-state index in [1.807, 2.05) is 4.90 Å². The van der Waals surface area contributed by atoms with Gasteiger partial charge in [-0.3, -0.25) is 4.90 Å².